The van der Waals surface area contributed by atoms with Gasteiger partial charge in [0.15, 0.2) is 11.9 Å². The Morgan fingerprint density at radius 1 is 1.10 bits per heavy atom. The van der Waals surface area contributed by atoms with Gasteiger partial charge in [0, 0.05) is 29.4 Å². The Balaban J connectivity index is 1.53. The van der Waals surface area contributed by atoms with Gasteiger partial charge >= 0.3 is 0 Å². The van der Waals surface area contributed by atoms with Gasteiger partial charge in [-0.05, 0) is 53.8 Å². The lowest BCUT2D eigenvalue weighted by Gasteiger charge is -2.12. The largest absolute Gasteiger partial charge is 0.464 e. The third kappa shape index (κ3) is 3.96. The first-order valence-corrected chi connectivity index (χ1v) is 10.1. The maximum absolute atomic E-state index is 12.8. The Morgan fingerprint density at radius 3 is 2.57 bits per heavy atom. The number of carbonyl (C=O) groups is 2. The Morgan fingerprint density at radius 2 is 1.87 bits per heavy atom. The molecule has 4 rings (SSSR count). The molecule has 1 aliphatic rings. The van der Waals surface area contributed by atoms with Crippen LogP contribution in [0.15, 0.2) is 60.8 Å². The van der Waals surface area contributed by atoms with Gasteiger partial charge in [-0.1, -0.05) is 44.2 Å². The second-order valence-corrected chi connectivity index (χ2v) is 7.86. The molecule has 1 unspecified atom stereocenters. The van der Waals surface area contributed by atoms with Gasteiger partial charge in [0.25, 0.3) is 5.91 Å². The Bertz CT molecular complexity index is 1100. The molecular weight excluding hydrogens is 376 g/mol. The molecule has 2 heterocycles. The standard InChI is InChI=1S/C25H24N2O3/c1-15(2)17-7-9-20(10-8-17)27-24(29)23-14-22-21(11-12-26-25(22)30-23)19-6-4-5-18(13-19)16(3)28/h4-13,15,23H,14H2,1-3H3,(H,27,29). The lowest BCUT2D eigenvalue weighted by Crippen LogP contribution is -2.31. The molecule has 0 bridgehead atoms. The summed E-state index contributed by atoms with van der Waals surface area (Å²) in [5, 5.41) is 2.93. The smallest absolute Gasteiger partial charge is 0.265 e. The molecule has 5 nitrogen and oxygen atoms in total. The van der Waals surface area contributed by atoms with Crippen molar-refractivity contribution in [1.29, 1.82) is 0 Å². The second-order valence-electron chi connectivity index (χ2n) is 7.86. The van der Waals surface area contributed by atoms with Crippen molar-refractivity contribution in [1.82, 2.24) is 4.98 Å². The van der Waals surface area contributed by atoms with E-state index in [4.69, 9.17) is 4.74 Å². The SMILES string of the molecule is CC(=O)c1cccc(-c2ccnc3c2CC(C(=O)Nc2ccc(C(C)C)cc2)O3)c1. The van der Waals surface area contributed by atoms with E-state index in [0.29, 0.717) is 23.8 Å². The van der Waals surface area contributed by atoms with Crippen LogP contribution >= 0.6 is 0 Å². The highest BCUT2D eigenvalue weighted by atomic mass is 16.5. The number of hydrogen-bond acceptors (Lipinski definition) is 4. The van der Waals surface area contributed by atoms with E-state index in [-0.39, 0.29) is 11.7 Å². The minimum Gasteiger partial charge on any atom is -0.464 e. The van der Waals surface area contributed by atoms with Crippen LogP contribution in [-0.2, 0) is 11.2 Å². The van der Waals surface area contributed by atoms with E-state index in [9.17, 15) is 9.59 Å². The monoisotopic (exact) mass is 400 g/mol. The number of Topliss-reactive ketones (excluding diaryl/α,β-unsaturated/α-hetero) is 1. The maximum Gasteiger partial charge on any atom is 0.265 e. The number of hydrogen-bond donors (Lipinski definition) is 1. The molecule has 30 heavy (non-hydrogen) atoms. The van der Waals surface area contributed by atoms with Crippen molar-refractivity contribution in [3.8, 4) is 17.0 Å². The van der Waals surface area contributed by atoms with Gasteiger partial charge in [0.2, 0.25) is 5.88 Å². The highest BCUT2D eigenvalue weighted by Crippen LogP contribution is 2.36. The van der Waals surface area contributed by atoms with Crippen molar-refractivity contribution in [3.05, 3.63) is 77.5 Å². The fourth-order valence-electron chi connectivity index (χ4n) is 3.63. The number of nitrogens with zero attached hydrogens (tertiary/aromatic N) is 1. The minimum atomic E-state index is -0.644. The quantitative estimate of drug-likeness (QED) is 0.611. The molecule has 152 valence electrons. The summed E-state index contributed by atoms with van der Waals surface area (Å²) in [6.45, 7) is 5.81. The van der Waals surface area contributed by atoms with E-state index in [0.717, 1.165) is 22.4 Å². The van der Waals surface area contributed by atoms with Gasteiger partial charge in [-0.25, -0.2) is 4.98 Å². The van der Waals surface area contributed by atoms with Crippen molar-refractivity contribution in [3.63, 3.8) is 0 Å². The van der Waals surface area contributed by atoms with Crippen molar-refractivity contribution >= 4 is 17.4 Å². The number of pyridine rings is 1. The third-order valence-electron chi connectivity index (χ3n) is 5.38. The Kier molecular flexibility index (Phi) is 5.36. The van der Waals surface area contributed by atoms with E-state index in [1.807, 2.05) is 48.5 Å². The zero-order valence-corrected chi connectivity index (χ0v) is 17.3. The van der Waals surface area contributed by atoms with Crippen LogP contribution in [-0.4, -0.2) is 22.8 Å². The summed E-state index contributed by atoms with van der Waals surface area (Å²) in [5.41, 5.74) is 5.34. The molecule has 2 aromatic carbocycles. The Hall–Kier alpha value is -3.47. The number of ether oxygens (including phenoxy) is 1. The molecule has 0 spiro atoms. The molecule has 1 amide bonds. The van der Waals surface area contributed by atoms with Crippen LogP contribution in [0.3, 0.4) is 0 Å². The van der Waals surface area contributed by atoms with E-state index < -0.39 is 6.10 Å². The predicted octanol–water partition coefficient (Wildman–Crippen LogP) is 5.02. The normalized spacial score (nSPS) is 14.9. The number of anilines is 1. The van der Waals surface area contributed by atoms with Gasteiger partial charge in [-0.2, -0.15) is 0 Å². The topological polar surface area (TPSA) is 68.3 Å². The first kappa shape index (κ1) is 19.8. The van der Waals surface area contributed by atoms with Crippen LogP contribution in [0.2, 0.25) is 0 Å². The van der Waals surface area contributed by atoms with Crippen molar-refractivity contribution in [2.45, 2.75) is 39.2 Å². The van der Waals surface area contributed by atoms with Gasteiger partial charge in [-0.15, -0.1) is 0 Å². The fraction of sp³-hybridized carbons (Fsp3) is 0.240. The van der Waals surface area contributed by atoms with E-state index in [1.54, 1.807) is 19.2 Å². The highest BCUT2D eigenvalue weighted by Gasteiger charge is 2.32. The molecule has 0 saturated heterocycles. The molecule has 1 N–H and O–H groups in total. The van der Waals surface area contributed by atoms with E-state index in [1.165, 1.54) is 5.56 Å². The molecular formula is C25H24N2O3. The third-order valence-corrected chi connectivity index (χ3v) is 5.38. The molecule has 3 aromatic rings. The van der Waals surface area contributed by atoms with Crippen LogP contribution in [0.1, 0.15) is 48.2 Å². The molecule has 0 radical (unpaired) electrons. The van der Waals surface area contributed by atoms with Crippen LogP contribution in [0.5, 0.6) is 5.88 Å². The zero-order valence-electron chi connectivity index (χ0n) is 17.3. The average Bonchev–Trinajstić information content (AvgIpc) is 3.19. The first-order valence-electron chi connectivity index (χ1n) is 10.1. The summed E-state index contributed by atoms with van der Waals surface area (Å²) in [6.07, 6.45) is 1.45. The minimum absolute atomic E-state index is 0.0135. The van der Waals surface area contributed by atoms with Crippen molar-refractivity contribution < 1.29 is 14.3 Å². The lowest BCUT2D eigenvalue weighted by atomic mass is 9.96. The first-order chi connectivity index (χ1) is 14.4. The van der Waals surface area contributed by atoms with Gasteiger partial charge in [0.1, 0.15) is 0 Å². The Labute approximate surface area is 176 Å². The zero-order chi connectivity index (χ0) is 21.3. The molecule has 5 heteroatoms. The highest BCUT2D eigenvalue weighted by molar-refractivity contribution is 5.96. The maximum atomic E-state index is 12.8. The second kappa shape index (κ2) is 8.11. The van der Waals surface area contributed by atoms with Crippen LogP contribution in [0.4, 0.5) is 5.69 Å². The van der Waals surface area contributed by atoms with Crippen LogP contribution in [0, 0.1) is 0 Å². The molecule has 1 aromatic heterocycles. The number of carbonyl (C=O) groups excluding carboxylic acids is 2. The summed E-state index contributed by atoms with van der Waals surface area (Å²) in [7, 11) is 0. The van der Waals surface area contributed by atoms with Crippen LogP contribution in [0.25, 0.3) is 11.1 Å². The lowest BCUT2D eigenvalue weighted by molar-refractivity contribution is -0.122. The number of amides is 1. The number of fused-ring (bicyclic) bond motifs is 1. The van der Waals surface area contributed by atoms with Crippen LogP contribution < -0.4 is 10.1 Å². The number of ketones is 1. The summed E-state index contributed by atoms with van der Waals surface area (Å²) in [4.78, 5) is 28.8. The number of nitrogens with one attached hydrogen (secondary N) is 1. The number of benzene rings is 2. The summed E-state index contributed by atoms with van der Waals surface area (Å²) < 4.78 is 5.85. The van der Waals surface area contributed by atoms with E-state index >= 15 is 0 Å². The molecule has 1 atom stereocenters. The molecule has 0 aliphatic carbocycles. The average molecular weight is 400 g/mol. The molecule has 1 aliphatic heterocycles. The number of aromatic nitrogens is 1. The molecule has 0 saturated carbocycles. The summed E-state index contributed by atoms with van der Waals surface area (Å²) >= 11 is 0. The summed E-state index contributed by atoms with van der Waals surface area (Å²) in [5.74, 6) is 0.720. The predicted molar refractivity (Wildman–Crippen MR) is 117 cm³/mol. The van der Waals surface area contributed by atoms with Crippen molar-refractivity contribution in [2.75, 3.05) is 5.32 Å². The van der Waals surface area contributed by atoms with Crippen molar-refractivity contribution in [2.24, 2.45) is 0 Å². The van der Waals surface area contributed by atoms with Gasteiger partial charge in [0.05, 0.1) is 0 Å². The van der Waals surface area contributed by atoms with E-state index in [2.05, 4.69) is 24.1 Å². The fourth-order valence-corrected chi connectivity index (χ4v) is 3.63. The van der Waals surface area contributed by atoms with Gasteiger partial charge in [-0.3, -0.25) is 9.59 Å². The summed E-state index contributed by atoms with van der Waals surface area (Å²) in [6, 6.07) is 17.2. The molecule has 0 fully saturated rings. The number of rotatable bonds is 5. The van der Waals surface area contributed by atoms with Gasteiger partial charge < -0.3 is 10.1 Å².